The van der Waals surface area contributed by atoms with Crippen molar-refractivity contribution in [2.24, 2.45) is 0 Å². The van der Waals surface area contributed by atoms with Crippen LogP contribution in [0.4, 0.5) is 0 Å². The first kappa shape index (κ1) is 16.6. The van der Waals surface area contributed by atoms with Crippen LogP contribution < -0.4 is 0 Å². The van der Waals surface area contributed by atoms with Crippen molar-refractivity contribution in [3.8, 4) is 0 Å². The van der Waals surface area contributed by atoms with Gasteiger partial charge in [0.15, 0.2) is 0 Å². The predicted molar refractivity (Wildman–Crippen MR) is 96.8 cm³/mol. The van der Waals surface area contributed by atoms with Gasteiger partial charge in [-0.15, -0.1) is 0 Å². The summed E-state index contributed by atoms with van der Waals surface area (Å²) in [7, 11) is 0. The third-order valence-corrected chi connectivity index (χ3v) is 5.11. The lowest BCUT2D eigenvalue weighted by Gasteiger charge is -2.20. The molecule has 1 unspecified atom stereocenters. The van der Waals surface area contributed by atoms with Crippen LogP contribution >= 0.6 is 27.5 Å². The summed E-state index contributed by atoms with van der Waals surface area (Å²) in [5.41, 5.74) is 5.40. The first-order valence-corrected chi connectivity index (χ1v) is 8.72. The molecule has 0 saturated carbocycles. The van der Waals surface area contributed by atoms with Crippen molar-refractivity contribution in [1.29, 1.82) is 0 Å². The highest BCUT2D eigenvalue weighted by atomic mass is 79.9. The molecule has 0 aliphatic rings. The Labute approximate surface area is 141 Å². The van der Waals surface area contributed by atoms with Crippen molar-refractivity contribution in [2.45, 2.75) is 44.4 Å². The largest absolute Gasteiger partial charge is 0.0843 e. The molecule has 0 radical (unpaired) electrons. The van der Waals surface area contributed by atoms with Gasteiger partial charge in [0.1, 0.15) is 0 Å². The first-order valence-electron chi connectivity index (χ1n) is 7.43. The minimum Gasteiger partial charge on any atom is -0.0843 e. The molecule has 0 nitrogen and oxygen atoms in total. The number of rotatable bonds is 4. The van der Waals surface area contributed by atoms with E-state index in [4.69, 9.17) is 11.6 Å². The Hall–Kier alpha value is -0.790. The monoisotopic (exact) mass is 364 g/mol. The summed E-state index contributed by atoms with van der Waals surface area (Å²) >= 11 is 9.84. The Kier molecular flexibility index (Phi) is 5.51. The van der Waals surface area contributed by atoms with E-state index in [1.165, 1.54) is 22.3 Å². The van der Waals surface area contributed by atoms with E-state index in [2.05, 4.69) is 74.0 Å². The Bertz CT molecular complexity index is 599. The number of benzene rings is 2. The van der Waals surface area contributed by atoms with Crippen molar-refractivity contribution in [3.05, 3.63) is 69.7 Å². The second-order valence-electron chi connectivity index (χ2n) is 6.11. The van der Waals surface area contributed by atoms with Crippen LogP contribution in [0.15, 0.2) is 42.5 Å². The lowest BCUT2D eigenvalue weighted by molar-refractivity contribution is 0.820. The van der Waals surface area contributed by atoms with E-state index in [0.717, 1.165) is 5.02 Å². The lowest BCUT2D eigenvalue weighted by Crippen LogP contribution is -2.02. The molecule has 0 fully saturated rings. The molecular formula is C19H22BrCl. The first-order chi connectivity index (χ1) is 9.90. The van der Waals surface area contributed by atoms with E-state index in [1.54, 1.807) is 0 Å². The molecular weight excluding hydrogens is 344 g/mol. The minimum atomic E-state index is 0.202. The fraction of sp³-hybridized carbons (Fsp3) is 0.368. The van der Waals surface area contributed by atoms with Gasteiger partial charge in [-0.25, -0.2) is 0 Å². The van der Waals surface area contributed by atoms with E-state index in [-0.39, 0.29) is 4.83 Å². The maximum atomic E-state index is 5.98. The molecule has 0 aliphatic carbocycles. The van der Waals surface area contributed by atoms with Crippen LogP contribution in [0, 0.1) is 0 Å². The third-order valence-electron chi connectivity index (χ3n) is 3.84. The van der Waals surface area contributed by atoms with Crippen LogP contribution in [0.3, 0.4) is 0 Å². The number of alkyl halides is 1. The zero-order chi connectivity index (χ0) is 15.6. The fourth-order valence-corrected chi connectivity index (χ4v) is 3.34. The maximum Gasteiger partial charge on any atom is 0.0647 e. The van der Waals surface area contributed by atoms with Crippen LogP contribution in [0.2, 0.25) is 5.02 Å². The second kappa shape index (κ2) is 6.98. The third kappa shape index (κ3) is 3.90. The molecule has 2 aromatic carbocycles. The van der Waals surface area contributed by atoms with E-state index < -0.39 is 0 Å². The van der Waals surface area contributed by atoms with Crippen molar-refractivity contribution in [3.63, 3.8) is 0 Å². The molecule has 2 heteroatoms. The summed E-state index contributed by atoms with van der Waals surface area (Å²) in [5, 5.41) is 0.776. The summed E-state index contributed by atoms with van der Waals surface area (Å²) in [6.07, 6.45) is 0. The molecule has 112 valence electrons. The van der Waals surface area contributed by atoms with Crippen LogP contribution in [0.5, 0.6) is 0 Å². The summed E-state index contributed by atoms with van der Waals surface area (Å²) in [6.45, 7) is 8.99. The average Bonchev–Trinajstić information content (AvgIpc) is 2.46. The summed E-state index contributed by atoms with van der Waals surface area (Å²) in [5.74, 6) is 1.06. The Morgan fingerprint density at radius 3 is 1.86 bits per heavy atom. The zero-order valence-corrected chi connectivity index (χ0v) is 15.4. The van der Waals surface area contributed by atoms with Gasteiger partial charge in [0.25, 0.3) is 0 Å². The van der Waals surface area contributed by atoms with Gasteiger partial charge in [-0.3, -0.25) is 0 Å². The van der Waals surface area contributed by atoms with E-state index >= 15 is 0 Å². The van der Waals surface area contributed by atoms with Gasteiger partial charge in [-0.05, 0) is 46.2 Å². The van der Waals surface area contributed by atoms with Crippen molar-refractivity contribution < 1.29 is 0 Å². The van der Waals surface area contributed by atoms with Gasteiger partial charge in [0.05, 0.1) is 4.83 Å². The van der Waals surface area contributed by atoms with Crippen LogP contribution in [0.1, 0.15) is 66.6 Å². The van der Waals surface area contributed by atoms with Crippen molar-refractivity contribution >= 4 is 27.5 Å². The quantitative estimate of drug-likeness (QED) is 0.508. The number of hydrogen-bond acceptors (Lipinski definition) is 0. The Balaban J connectivity index is 2.44. The molecule has 0 saturated heterocycles. The van der Waals surface area contributed by atoms with Crippen LogP contribution in [-0.4, -0.2) is 0 Å². The van der Waals surface area contributed by atoms with Crippen molar-refractivity contribution in [1.82, 2.24) is 0 Å². The van der Waals surface area contributed by atoms with Crippen LogP contribution in [0.25, 0.3) is 0 Å². The molecule has 0 aliphatic heterocycles. The highest BCUT2D eigenvalue weighted by molar-refractivity contribution is 9.09. The molecule has 0 aromatic heterocycles. The molecule has 0 heterocycles. The van der Waals surface area contributed by atoms with Crippen LogP contribution in [-0.2, 0) is 0 Å². The SMILES string of the molecule is CC(C)c1ccc(C(Br)c2ccc(Cl)cc2)c(C(C)C)c1. The van der Waals surface area contributed by atoms with Gasteiger partial charge in [0, 0.05) is 5.02 Å². The maximum absolute atomic E-state index is 5.98. The standard InChI is InChI=1S/C19H22BrCl/c1-12(2)15-7-10-17(18(11-15)13(3)4)19(20)14-5-8-16(21)9-6-14/h5-13,19H,1-4H3. The normalized spacial score (nSPS) is 13.0. The molecule has 0 bridgehead atoms. The summed E-state index contributed by atoms with van der Waals surface area (Å²) in [4.78, 5) is 0.202. The highest BCUT2D eigenvalue weighted by Gasteiger charge is 2.17. The van der Waals surface area contributed by atoms with E-state index in [0.29, 0.717) is 11.8 Å². The van der Waals surface area contributed by atoms with Crippen molar-refractivity contribution in [2.75, 3.05) is 0 Å². The van der Waals surface area contributed by atoms with Gasteiger partial charge in [-0.2, -0.15) is 0 Å². The van der Waals surface area contributed by atoms with Gasteiger partial charge < -0.3 is 0 Å². The smallest absolute Gasteiger partial charge is 0.0647 e. The van der Waals surface area contributed by atoms with Gasteiger partial charge in [-0.1, -0.05) is 85.6 Å². The Morgan fingerprint density at radius 2 is 1.33 bits per heavy atom. The van der Waals surface area contributed by atoms with Gasteiger partial charge in [0.2, 0.25) is 0 Å². The Morgan fingerprint density at radius 1 is 0.762 bits per heavy atom. The molecule has 0 amide bonds. The highest BCUT2D eigenvalue weighted by Crippen LogP contribution is 2.37. The molecule has 0 spiro atoms. The number of halogens is 2. The minimum absolute atomic E-state index is 0.202. The average molecular weight is 366 g/mol. The van der Waals surface area contributed by atoms with E-state index in [1.807, 2.05) is 12.1 Å². The van der Waals surface area contributed by atoms with E-state index in [9.17, 15) is 0 Å². The second-order valence-corrected chi connectivity index (χ2v) is 7.46. The fourth-order valence-electron chi connectivity index (χ4n) is 2.49. The number of hydrogen-bond donors (Lipinski definition) is 0. The predicted octanol–water partition coefficient (Wildman–Crippen LogP) is 7.07. The molecule has 1 atom stereocenters. The molecule has 21 heavy (non-hydrogen) atoms. The molecule has 0 N–H and O–H groups in total. The zero-order valence-electron chi connectivity index (χ0n) is 13.0. The van der Waals surface area contributed by atoms with Gasteiger partial charge >= 0.3 is 0 Å². The topological polar surface area (TPSA) is 0 Å². The molecule has 2 rings (SSSR count). The molecule has 2 aromatic rings. The summed E-state index contributed by atoms with van der Waals surface area (Å²) < 4.78 is 0. The summed E-state index contributed by atoms with van der Waals surface area (Å²) in [6, 6.07) is 14.9. The lowest BCUT2D eigenvalue weighted by atomic mass is 9.89.